The molecule has 28 heavy (non-hydrogen) atoms. The van der Waals surface area contributed by atoms with E-state index in [-0.39, 0.29) is 11.1 Å². The summed E-state index contributed by atoms with van der Waals surface area (Å²) in [6.07, 6.45) is 0. The van der Waals surface area contributed by atoms with E-state index in [1.165, 1.54) is 39.5 Å². The zero-order chi connectivity index (χ0) is 20.1. The van der Waals surface area contributed by atoms with Crippen molar-refractivity contribution in [1.29, 1.82) is 0 Å². The number of hydrogen-bond acceptors (Lipinski definition) is 8. The van der Waals surface area contributed by atoms with Crippen LogP contribution in [0.4, 0.5) is 0 Å². The Balaban J connectivity index is 1.71. The first kappa shape index (κ1) is 19.3. The van der Waals surface area contributed by atoms with E-state index in [2.05, 4.69) is 0 Å². The number of Topliss-reactive ketones (excluding diaryl/α,β-unsaturated/α-hetero) is 1. The molecular formula is C20H20O8. The maximum absolute atomic E-state index is 12.5. The van der Waals surface area contributed by atoms with E-state index < -0.39 is 18.4 Å². The van der Waals surface area contributed by atoms with Gasteiger partial charge in [-0.2, -0.15) is 0 Å². The van der Waals surface area contributed by atoms with E-state index in [9.17, 15) is 9.59 Å². The molecule has 0 bridgehead atoms. The number of methoxy groups -OCH3 is 3. The predicted molar refractivity (Wildman–Crippen MR) is 98.1 cm³/mol. The minimum absolute atomic E-state index is 0.266. The number of rotatable bonds is 7. The van der Waals surface area contributed by atoms with Crippen LogP contribution in [0.25, 0.3) is 0 Å². The zero-order valence-electron chi connectivity index (χ0n) is 15.8. The fraction of sp³-hybridized carbons (Fsp3) is 0.300. The van der Waals surface area contributed by atoms with Crippen molar-refractivity contribution in [3.63, 3.8) is 0 Å². The Labute approximate surface area is 161 Å². The summed E-state index contributed by atoms with van der Waals surface area (Å²) in [5.74, 6) is 1.03. The van der Waals surface area contributed by atoms with Crippen molar-refractivity contribution in [3.8, 4) is 28.7 Å². The highest BCUT2D eigenvalue weighted by atomic mass is 16.6. The number of carbonyl (C=O) groups is 2. The van der Waals surface area contributed by atoms with Crippen LogP contribution in [-0.4, -0.2) is 52.9 Å². The second-order valence-electron chi connectivity index (χ2n) is 5.77. The number of hydrogen-bond donors (Lipinski definition) is 0. The summed E-state index contributed by atoms with van der Waals surface area (Å²) in [5, 5.41) is 0. The molecule has 0 spiro atoms. The molecule has 2 aromatic carbocycles. The average Bonchev–Trinajstić information content (AvgIpc) is 2.75. The Morgan fingerprint density at radius 2 is 1.50 bits per heavy atom. The van der Waals surface area contributed by atoms with Gasteiger partial charge < -0.3 is 28.4 Å². The van der Waals surface area contributed by atoms with Crippen molar-refractivity contribution >= 4 is 11.8 Å². The molecule has 1 aliphatic heterocycles. The Kier molecular flexibility index (Phi) is 5.88. The van der Waals surface area contributed by atoms with Crippen molar-refractivity contribution in [3.05, 3.63) is 41.5 Å². The molecule has 8 nitrogen and oxygen atoms in total. The maximum Gasteiger partial charge on any atom is 0.338 e. The van der Waals surface area contributed by atoms with Gasteiger partial charge in [-0.05, 0) is 30.3 Å². The predicted octanol–water partition coefficient (Wildman–Crippen LogP) is 2.52. The molecule has 0 atom stereocenters. The Bertz CT molecular complexity index is 865. The lowest BCUT2D eigenvalue weighted by Crippen LogP contribution is -2.17. The number of carbonyl (C=O) groups excluding carboxylic acids is 2. The number of ether oxygens (including phenoxy) is 6. The standard InChI is InChI=1S/C20H20O8/c1-23-17-9-13(10-18(24-2)19(17)25-3)14(21)11-28-20(22)12-4-5-15-16(8-12)27-7-6-26-15/h4-5,8-10H,6-7,11H2,1-3H3. The molecule has 3 rings (SSSR count). The first-order valence-corrected chi connectivity index (χ1v) is 8.47. The van der Waals surface area contributed by atoms with Gasteiger partial charge in [-0.1, -0.05) is 0 Å². The van der Waals surface area contributed by atoms with E-state index >= 15 is 0 Å². The Morgan fingerprint density at radius 3 is 2.11 bits per heavy atom. The summed E-state index contributed by atoms with van der Waals surface area (Å²) in [6.45, 7) is 0.428. The monoisotopic (exact) mass is 388 g/mol. The largest absolute Gasteiger partial charge is 0.493 e. The molecule has 0 radical (unpaired) electrons. The number of ketones is 1. The molecule has 0 aromatic heterocycles. The SMILES string of the molecule is COc1cc(C(=O)COC(=O)c2ccc3c(c2)OCCO3)cc(OC)c1OC. The van der Waals surface area contributed by atoms with E-state index in [1.807, 2.05) is 0 Å². The molecule has 0 unspecified atom stereocenters. The first-order valence-electron chi connectivity index (χ1n) is 8.47. The van der Waals surface area contributed by atoms with Crippen LogP contribution in [0.1, 0.15) is 20.7 Å². The van der Waals surface area contributed by atoms with Crippen molar-refractivity contribution in [2.24, 2.45) is 0 Å². The Morgan fingerprint density at radius 1 is 0.857 bits per heavy atom. The number of fused-ring (bicyclic) bond motifs is 1. The van der Waals surface area contributed by atoms with Crippen LogP contribution < -0.4 is 23.7 Å². The molecule has 0 saturated carbocycles. The molecule has 1 heterocycles. The first-order chi connectivity index (χ1) is 13.6. The van der Waals surface area contributed by atoms with Crippen LogP contribution in [0.2, 0.25) is 0 Å². The quantitative estimate of drug-likeness (QED) is 0.528. The summed E-state index contributed by atoms with van der Waals surface area (Å²) in [6, 6.07) is 7.72. The Hall–Kier alpha value is -3.42. The van der Waals surface area contributed by atoms with Gasteiger partial charge in [0, 0.05) is 5.56 Å². The van der Waals surface area contributed by atoms with Gasteiger partial charge in [0.15, 0.2) is 29.6 Å². The summed E-state index contributed by atoms with van der Waals surface area (Å²) < 4.78 is 31.7. The van der Waals surface area contributed by atoms with Gasteiger partial charge >= 0.3 is 5.97 Å². The zero-order valence-corrected chi connectivity index (χ0v) is 15.8. The second-order valence-corrected chi connectivity index (χ2v) is 5.77. The lowest BCUT2D eigenvalue weighted by molar-refractivity contribution is 0.0474. The average molecular weight is 388 g/mol. The molecule has 148 valence electrons. The molecule has 0 amide bonds. The highest BCUT2D eigenvalue weighted by Gasteiger charge is 2.20. The normalized spacial score (nSPS) is 12.1. The van der Waals surface area contributed by atoms with Crippen LogP contribution in [-0.2, 0) is 4.74 Å². The second kappa shape index (κ2) is 8.51. The summed E-state index contributed by atoms with van der Waals surface area (Å²) in [4.78, 5) is 24.7. The van der Waals surface area contributed by atoms with E-state index in [0.717, 1.165) is 0 Å². The van der Waals surface area contributed by atoms with Crippen LogP contribution in [0.15, 0.2) is 30.3 Å². The minimum atomic E-state index is -0.641. The van der Waals surface area contributed by atoms with E-state index in [0.29, 0.717) is 42.0 Å². The molecule has 0 N–H and O–H groups in total. The topological polar surface area (TPSA) is 89.5 Å². The summed E-state index contributed by atoms with van der Waals surface area (Å²) in [5.41, 5.74) is 0.534. The van der Waals surface area contributed by atoms with E-state index in [4.69, 9.17) is 28.4 Å². The minimum Gasteiger partial charge on any atom is -0.493 e. The number of benzene rings is 2. The molecule has 2 aromatic rings. The molecule has 8 heteroatoms. The molecular weight excluding hydrogens is 368 g/mol. The fourth-order valence-electron chi connectivity index (χ4n) is 2.71. The molecule has 0 aliphatic carbocycles. The van der Waals surface area contributed by atoms with Crippen molar-refractivity contribution in [1.82, 2.24) is 0 Å². The molecule has 1 aliphatic rings. The lowest BCUT2D eigenvalue weighted by Gasteiger charge is -2.18. The van der Waals surface area contributed by atoms with Crippen LogP contribution in [0.3, 0.4) is 0 Å². The van der Waals surface area contributed by atoms with Gasteiger partial charge in [0.1, 0.15) is 13.2 Å². The third-order valence-corrected chi connectivity index (χ3v) is 4.10. The number of esters is 1. The highest BCUT2D eigenvalue weighted by Crippen LogP contribution is 2.38. The van der Waals surface area contributed by atoms with Gasteiger partial charge in [0.2, 0.25) is 11.5 Å². The van der Waals surface area contributed by atoms with Gasteiger partial charge in [-0.3, -0.25) is 4.79 Å². The highest BCUT2D eigenvalue weighted by molar-refractivity contribution is 6.00. The summed E-state index contributed by atoms with van der Waals surface area (Å²) in [7, 11) is 4.37. The third kappa shape index (κ3) is 3.95. The van der Waals surface area contributed by atoms with Crippen LogP contribution in [0, 0.1) is 0 Å². The van der Waals surface area contributed by atoms with Gasteiger partial charge in [-0.15, -0.1) is 0 Å². The lowest BCUT2D eigenvalue weighted by atomic mass is 10.1. The van der Waals surface area contributed by atoms with Crippen LogP contribution in [0.5, 0.6) is 28.7 Å². The van der Waals surface area contributed by atoms with Gasteiger partial charge in [0.05, 0.1) is 26.9 Å². The fourth-order valence-corrected chi connectivity index (χ4v) is 2.71. The van der Waals surface area contributed by atoms with Crippen molar-refractivity contribution in [2.45, 2.75) is 0 Å². The summed E-state index contributed by atoms with van der Waals surface area (Å²) >= 11 is 0. The van der Waals surface area contributed by atoms with Gasteiger partial charge in [-0.25, -0.2) is 4.79 Å². The van der Waals surface area contributed by atoms with E-state index in [1.54, 1.807) is 12.1 Å². The smallest absolute Gasteiger partial charge is 0.338 e. The third-order valence-electron chi connectivity index (χ3n) is 4.10. The van der Waals surface area contributed by atoms with Crippen molar-refractivity contribution in [2.75, 3.05) is 41.2 Å². The molecule has 0 fully saturated rings. The van der Waals surface area contributed by atoms with Crippen LogP contribution >= 0.6 is 0 Å². The maximum atomic E-state index is 12.5. The molecule has 0 saturated heterocycles. The van der Waals surface area contributed by atoms with Crippen molar-refractivity contribution < 1.29 is 38.0 Å². The van der Waals surface area contributed by atoms with Gasteiger partial charge in [0.25, 0.3) is 0 Å².